The first kappa shape index (κ1) is 26.2. The van der Waals surface area contributed by atoms with Crippen LogP contribution < -0.4 is 29.6 Å². The summed E-state index contributed by atoms with van der Waals surface area (Å²) in [6.07, 6.45) is 3.08. The number of nitrogens with one attached hydrogen (secondary N) is 2. The van der Waals surface area contributed by atoms with Crippen molar-refractivity contribution >= 4 is 29.3 Å². The quantitative estimate of drug-likeness (QED) is 0.349. The van der Waals surface area contributed by atoms with Gasteiger partial charge in [0, 0.05) is 23.8 Å². The summed E-state index contributed by atoms with van der Waals surface area (Å²) >= 11 is 0. The molecule has 0 heterocycles. The van der Waals surface area contributed by atoms with Crippen LogP contribution in [0.15, 0.2) is 66.7 Å². The van der Waals surface area contributed by atoms with Crippen molar-refractivity contribution in [3.8, 4) is 23.0 Å². The van der Waals surface area contributed by atoms with Crippen molar-refractivity contribution in [2.45, 2.75) is 13.8 Å². The molecule has 0 spiro atoms. The van der Waals surface area contributed by atoms with Gasteiger partial charge in [0.05, 0.1) is 38.8 Å². The van der Waals surface area contributed by atoms with Crippen LogP contribution in [0.4, 0.5) is 11.4 Å². The lowest BCUT2D eigenvalue weighted by Crippen LogP contribution is -2.14. The zero-order valence-electron chi connectivity index (χ0n) is 20.8. The molecule has 0 saturated heterocycles. The maximum Gasteiger partial charge on any atom is 0.255 e. The number of hydrogen-bond donors (Lipinski definition) is 2. The highest BCUT2D eigenvalue weighted by atomic mass is 16.5. The second-order valence-electron chi connectivity index (χ2n) is 7.47. The average molecular weight is 491 g/mol. The first-order chi connectivity index (χ1) is 17.5. The Kier molecular flexibility index (Phi) is 9.33. The van der Waals surface area contributed by atoms with Gasteiger partial charge in [0.1, 0.15) is 11.5 Å². The van der Waals surface area contributed by atoms with Crippen molar-refractivity contribution in [3.63, 3.8) is 0 Å². The third-order valence-corrected chi connectivity index (χ3v) is 5.06. The van der Waals surface area contributed by atoms with Crippen LogP contribution in [-0.4, -0.2) is 39.2 Å². The Morgan fingerprint density at radius 2 is 1.36 bits per heavy atom. The second kappa shape index (κ2) is 12.9. The molecule has 36 heavy (non-hydrogen) atoms. The molecule has 3 rings (SSSR count). The minimum absolute atomic E-state index is 0.294. The van der Waals surface area contributed by atoms with Crippen molar-refractivity contribution in [2.75, 3.05) is 38.1 Å². The molecule has 0 aromatic heterocycles. The molecule has 0 aliphatic rings. The molecule has 0 aliphatic carbocycles. The number of methoxy groups -OCH3 is 2. The van der Waals surface area contributed by atoms with E-state index in [4.69, 9.17) is 18.9 Å². The second-order valence-corrected chi connectivity index (χ2v) is 7.47. The standard InChI is InChI=1S/C28H30N2O6/c1-5-35-23-14-12-19(16-26(23)36-6-2)13-15-27(31)29-21-17-25(34-4)22(18-24(21)33-3)30-28(32)20-10-8-7-9-11-20/h7-18H,5-6H2,1-4H3,(H,29,31)(H,30,32)/b15-13+. The van der Waals surface area contributed by atoms with Crippen molar-refractivity contribution in [3.05, 3.63) is 77.9 Å². The molecule has 8 heteroatoms. The van der Waals surface area contributed by atoms with Crippen LogP contribution in [0.25, 0.3) is 6.08 Å². The number of anilines is 2. The normalized spacial score (nSPS) is 10.6. The Labute approximate surface area is 210 Å². The van der Waals surface area contributed by atoms with Gasteiger partial charge in [0.15, 0.2) is 11.5 Å². The first-order valence-electron chi connectivity index (χ1n) is 11.5. The molecule has 188 valence electrons. The molecule has 0 saturated carbocycles. The molecule has 2 amide bonds. The van der Waals surface area contributed by atoms with Crippen LogP contribution in [0, 0.1) is 0 Å². The fourth-order valence-electron chi connectivity index (χ4n) is 3.39. The summed E-state index contributed by atoms with van der Waals surface area (Å²) < 4.78 is 22.1. The van der Waals surface area contributed by atoms with Gasteiger partial charge in [-0.3, -0.25) is 9.59 Å². The van der Waals surface area contributed by atoms with Gasteiger partial charge in [-0.25, -0.2) is 0 Å². The number of benzene rings is 3. The molecule has 8 nitrogen and oxygen atoms in total. The molecular weight excluding hydrogens is 460 g/mol. The van der Waals surface area contributed by atoms with Crippen molar-refractivity contribution in [1.82, 2.24) is 0 Å². The zero-order chi connectivity index (χ0) is 25.9. The molecule has 0 bridgehead atoms. The maximum atomic E-state index is 12.7. The zero-order valence-corrected chi connectivity index (χ0v) is 20.8. The van der Waals surface area contributed by atoms with E-state index >= 15 is 0 Å². The van der Waals surface area contributed by atoms with Gasteiger partial charge in [0.25, 0.3) is 5.91 Å². The predicted molar refractivity (Wildman–Crippen MR) is 140 cm³/mol. The van der Waals surface area contributed by atoms with Gasteiger partial charge in [-0.2, -0.15) is 0 Å². The molecule has 0 radical (unpaired) electrons. The summed E-state index contributed by atoms with van der Waals surface area (Å²) in [5, 5.41) is 5.61. The van der Waals surface area contributed by atoms with E-state index in [1.807, 2.05) is 38.1 Å². The SMILES string of the molecule is CCOc1ccc(/C=C/C(=O)Nc2cc(OC)c(NC(=O)c3ccccc3)cc2OC)cc1OCC. The summed E-state index contributed by atoms with van der Waals surface area (Å²) in [6, 6.07) is 17.5. The smallest absolute Gasteiger partial charge is 0.255 e. The number of amides is 2. The number of hydrogen-bond acceptors (Lipinski definition) is 6. The Morgan fingerprint density at radius 3 is 1.97 bits per heavy atom. The molecule has 0 atom stereocenters. The number of carbonyl (C=O) groups excluding carboxylic acids is 2. The summed E-state index contributed by atoms with van der Waals surface area (Å²) in [6.45, 7) is 4.82. The van der Waals surface area contributed by atoms with E-state index in [0.717, 1.165) is 5.56 Å². The molecule has 0 unspecified atom stereocenters. The molecule has 2 N–H and O–H groups in total. The Hall–Kier alpha value is -4.46. The molecular formula is C28H30N2O6. The highest BCUT2D eigenvalue weighted by Gasteiger charge is 2.16. The van der Waals surface area contributed by atoms with Crippen molar-refractivity contribution < 1.29 is 28.5 Å². The van der Waals surface area contributed by atoms with Gasteiger partial charge in [-0.15, -0.1) is 0 Å². The van der Waals surface area contributed by atoms with Gasteiger partial charge in [-0.05, 0) is 49.8 Å². The van der Waals surface area contributed by atoms with E-state index in [-0.39, 0.29) is 11.8 Å². The number of rotatable bonds is 11. The lowest BCUT2D eigenvalue weighted by molar-refractivity contribution is -0.111. The van der Waals surface area contributed by atoms with Crippen LogP contribution in [0.5, 0.6) is 23.0 Å². The van der Waals surface area contributed by atoms with Gasteiger partial charge >= 0.3 is 0 Å². The summed E-state index contributed by atoms with van der Waals surface area (Å²) in [5.74, 6) is 1.33. The number of ether oxygens (including phenoxy) is 4. The van der Waals surface area contributed by atoms with Crippen LogP contribution in [-0.2, 0) is 4.79 Å². The monoisotopic (exact) mass is 490 g/mol. The summed E-state index contributed by atoms with van der Waals surface area (Å²) in [5.41, 5.74) is 2.08. The summed E-state index contributed by atoms with van der Waals surface area (Å²) in [7, 11) is 2.96. The molecule has 0 aliphatic heterocycles. The van der Waals surface area contributed by atoms with Crippen LogP contribution in [0.3, 0.4) is 0 Å². The molecule has 3 aromatic carbocycles. The highest BCUT2D eigenvalue weighted by molar-refractivity contribution is 6.06. The molecule has 0 fully saturated rings. The minimum atomic E-state index is -0.372. The van der Waals surface area contributed by atoms with Gasteiger partial charge in [0.2, 0.25) is 5.91 Å². The fourth-order valence-corrected chi connectivity index (χ4v) is 3.39. The lowest BCUT2D eigenvalue weighted by atomic mass is 10.1. The van der Waals surface area contributed by atoms with Gasteiger partial charge < -0.3 is 29.6 Å². The largest absolute Gasteiger partial charge is 0.494 e. The third-order valence-electron chi connectivity index (χ3n) is 5.06. The van der Waals surface area contributed by atoms with Gasteiger partial charge in [-0.1, -0.05) is 24.3 Å². The van der Waals surface area contributed by atoms with E-state index < -0.39 is 0 Å². The van der Waals surface area contributed by atoms with Crippen LogP contribution >= 0.6 is 0 Å². The minimum Gasteiger partial charge on any atom is -0.494 e. The van der Waals surface area contributed by atoms with E-state index in [0.29, 0.717) is 53.2 Å². The summed E-state index contributed by atoms with van der Waals surface area (Å²) in [4.78, 5) is 25.2. The lowest BCUT2D eigenvalue weighted by Gasteiger charge is -2.16. The first-order valence-corrected chi connectivity index (χ1v) is 11.5. The Balaban J connectivity index is 1.77. The van der Waals surface area contributed by atoms with E-state index in [9.17, 15) is 9.59 Å². The van der Waals surface area contributed by atoms with E-state index in [1.165, 1.54) is 20.3 Å². The van der Waals surface area contributed by atoms with E-state index in [2.05, 4.69) is 10.6 Å². The molecule has 3 aromatic rings. The van der Waals surface area contributed by atoms with Crippen LogP contribution in [0.2, 0.25) is 0 Å². The number of carbonyl (C=O) groups is 2. The Morgan fingerprint density at radius 1 is 0.750 bits per heavy atom. The topological polar surface area (TPSA) is 95.1 Å². The third kappa shape index (κ3) is 6.79. The predicted octanol–water partition coefficient (Wildman–Crippen LogP) is 5.41. The maximum absolute atomic E-state index is 12.7. The van der Waals surface area contributed by atoms with E-state index in [1.54, 1.807) is 42.5 Å². The van der Waals surface area contributed by atoms with Crippen molar-refractivity contribution in [2.24, 2.45) is 0 Å². The van der Waals surface area contributed by atoms with Crippen molar-refractivity contribution in [1.29, 1.82) is 0 Å². The average Bonchev–Trinajstić information content (AvgIpc) is 2.90. The van der Waals surface area contributed by atoms with Crippen LogP contribution in [0.1, 0.15) is 29.8 Å². The highest BCUT2D eigenvalue weighted by Crippen LogP contribution is 2.37. The fraction of sp³-hybridized carbons (Fsp3) is 0.214. The Bertz CT molecular complexity index is 1220.